The number of hydrogen-bond donors (Lipinski definition) is 0. The number of aromatic nitrogens is 2. The molecule has 0 radical (unpaired) electrons. The molecule has 3 rings (SSSR count). The van der Waals surface area contributed by atoms with Crippen LogP contribution in [0.4, 0.5) is 4.39 Å². The Labute approximate surface area is 171 Å². The molecule has 29 heavy (non-hydrogen) atoms. The van der Waals surface area contributed by atoms with Gasteiger partial charge in [0.1, 0.15) is 16.5 Å². The molecule has 2 amide bonds. The predicted molar refractivity (Wildman–Crippen MR) is 102 cm³/mol. The van der Waals surface area contributed by atoms with Crippen LogP contribution in [-0.2, 0) is 14.3 Å². The maximum absolute atomic E-state index is 13.1. The summed E-state index contributed by atoms with van der Waals surface area (Å²) in [6.07, 6.45) is 0. The average molecular weight is 423 g/mol. The lowest BCUT2D eigenvalue weighted by atomic mass is 10.2. The van der Waals surface area contributed by atoms with Gasteiger partial charge in [-0.1, -0.05) is 11.6 Å². The number of hydrogen-bond acceptors (Lipinski definition) is 5. The Hall–Kier alpha value is -2.94. The maximum Gasteiger partial charge on any atom is 0.343 e. The largest absolute Gasteiger partial charge is 0.452 e. The minimum absolute atomic E-state index is 0.0154. The van der Waals surface area contributed by atoms with Gasteiger partial charge in [-0.2, -0.15) is 5.10 Å². The van der Waals surface area contributed by atoms with Gasteiger partial charge in [-0.3, -0.25) is 9.59 Å². The predicted octanol–water partition coefficient (Wildman–Crippen LogP) is 1.82. The summed E-state index contributed by atoms with van der Waals surface area (Å²) in [5.74, 6) is -1.55. The van der Waals surface area contributed by atoms with E-state index in [2.05, 4.69) is 5.10 Å². The lowest BCUT2D eigenvalue weighted by Crippen LogP contribution is -2.51. The quantitative estimate of drug-likeness (QED) is 0.702. The summed E-state index contributed by atoms with van der Waals surface area (Å²) in [5.41, 5.74) is 0.856. The first-order valence-electron chi connectivity index (χ1n) is 8.99. The normalized spacial score (nSPS) is 14.1. The van der Waals surface area contributed by atoms with E-state index in [0.717, 1.165) is 0 Å². The molecule has 2 heterocycles. The zero-order chi connectivity index (χ0) is 21.1. The van der Waals surface area contributed by atoms with Crippen LogP contribution < -0.4 is 0 Å². The third-order valence-corrected chi connectivity index (χ3v) is 5.03. The molecule has 0 aliphatic carbocycles. The molecule has 0 unspecified atom stereocenters. The Balaban J connectivity index is 1.63. The fourth-order valence-corrected chi connectivity index (χ4v) is 3.40. The van der Waals surface area contributed by atoms with Gasteiger partial charge in [0.15, 0.2) is 6.61 Å². The number of benzene rings is 1. The molecule has 0 saturated carbocycles. The SMILES string of the molecule is CC(=O)N1CCN(C(=O)COC(=O)c2c(C)nn(-c3ccc(F)cc3)c2Cl)CC1. The summed E-state index contributed by atoms with van der Waals surface area (Å²) < 4.78 is 19.6. The van der Waals surface area contributed by atoms with E-state index in [-0.39, 0.29) is 22.5 Å². The number of rotatable bonds is 4. The van der Waals surface area contributed by atoms with Gasteiger partial charge in [-0.25, -0.2) is 13.9 Å². The third-order valence-electron chi connectivity index (χ3n) is 4.68. The molecule has 2 aromatic rings. The van der Waals surface area contributed by atoms with Crippen LogP contribution in [0.25, 0.3) is 5.69 Å². The molecule has 0 spiro atoms. The summed E-state index contributed by atoms with van der Waals surface area (Å²) in [7, 11) is 0. The van der Waals surface area contributed by atoms with Crippen molar-refractivity contribution in [3.8, 4) is 5.69 Å². The van der Waals surface area contributed by atoms with Gasteiger partial charge in [0.2, 0.25) is 5.91 Å². The summed E-state index contributed by atoms with van der Waals surface area (Å²) in [6, 6.07) is 5.47. The van der Waals surface area contributed by atoms with Crippen molar-refractivity contribution in [1.29, 1.82) is 0 Å². The number of esters is 1. The molecule has 10 heteroatoms. The van der Waals surface area contributed by atoms with Crippen molar-refractivity contribution < 1.29 is 23.5 Å². The number of amides is 2. The Kier molecular flexibility index (Phi) is 6.17. The molecule has 1 fully saturated rings. The van der Waals surface area contributed by atoms with Crippen molar-refractivity contribution in [1.82, 2.24) is 19.6 Å². The van der Waals surface area contributed by atoms with Gasteiger partial charge in [0.05, 0.1) is 11.4 Å². The van der Waals surface area contributed by atoms with Crippen LogP contribution in [0.5, 0.6) is 0 Å². The van der Waals surface area contributed by atoms with Crippen LogP contribution in [0.3, 0.4) is 0 Å². The Bertz CT molecular complexity index is 936. The van der Waals surface area contributed by atoms with Crippen LogP contribution in [0.15, 0.2) is 24.3 Å². The number of carbonyl (C=O) groups is 3. The fourth-order valence-electron chi connectivity index (χ4n) is 3.05. The molecule has 0 bridgehead atoms. The Morgan fingerprint density at radius 2 is 1.69 bits per heavy atom. The molecule has 1 aromatic carbocycles. The van der Waals surface area contributed by atoms with Crippen molar-refractivity contribution >= 4 is 29.4 Å². The first kappa shape index (κ1) is 20.8. The zero-order valence-electron chi connectivity index (χ0n) is 16.0. The molecule has 0 N–H and O–H groups in total. The van der Waals surface area contributed by atoms with E-state index in [0.29, 0.717) is 37.6 Å². The van der Waals surface area contributed by atoms with E-state index in [1.807, 2.05) is 0 Å². The van der Waals surface area contributed by atoms with E-state index in [4.69, 9.17) is 16.3 Å². The third kappa shape index (κ3) is 4.56. The van der Waals surface area contributed by atoms with Crippen LogP contribution in [0.1, 0.15) is 23.0 Å². The van der Waals surface area contributed by atoms with Gasteiger partial charge in [-0.05, 0) is 31.2 Å². The van der Waals surface area contributed by atoms with Crippen molar-refractivity contribution in [2.75, 3.05) is 32.8 Å². The van der Waals surface area contributed by atoms with E-state index in [9.17, 15) is 18.8 Å². The summed E-state index contributed by atoms with van der Waals surface area (Å²) in [5, 5.41) is 4.22. The topological polar surface area (TPSA) is 84.7 Å². The van der Waals surface area contributed by atoms with Crippen LogP contribution in [0, 0.1) is 12.7 Å². The van der Waals surface area contributed by atoms with Crippen molar-refractivity contribution in [2.24, 2.45) is 0 Å². The Morgan fingerprint density at radius 3 is 2.28 bits per heavy atom. The molecular weight excluding hydrogens is 403 g/mol. The van der Waals surface area contributed by atoms with Gasteiger partial charge < -0.3 is 14.5 Å². The van der Waals surface area contributed by atoms with Crippen molar-refractivity contribution in [3.05, 3.63) is 46.5 Å². The smallest absolute Gasteiger partial charge is 0.343 e. The monoisotopic (exact) mass is 422 g/mol. The van der Waals surface area contributed by atoms with Crippen molar-refractivity contribution in [3.63, 3.8) is 0 Å². The van der Waals surface area contributed by atoms with Gasteiger partial charge in [0.25, 0.3) is 5.91 Å². The van der Waals surface area contributed by atoms with Gasteiger partial charge in [0, 0.05) is 33.1 Å². The van der Waals surface area contributed by atoms with Crippen LogP contribution in [-0.4, -0.2) is 70.1 Å². The second kappa shape index (κ2) is 8.60. The lowest BCUT2D eigenvalue weighted by molar-refractivity contribution is -0.140. The molecule has 154 valence electrons. The minimum Gasteiger partial charge on any atom is -0.452 e. The highest BCUT2D eigenvalue weighted by Crippen LogP contribution is 2.24. The standard InChI is InChI=1S/C19H20ClFN4O4/c1-12-17(18(20)25(22-12)15-5-3-14(21)4-6-15)19(28)29-11-16(27)24-9-7-23(8-10-24)13(2)26/h3-6H,7-11H2,1-2H3. The molecule has 1 aliphatic rings. The molecule has 1 saturated heterocycles. The Morgan fingerprint density at radius 1 is 1.10 bits per heavy atom. The van der Waals surface area contributed by atoms with Crippen molar-refractivity contribution in [2.45, 2.75) is 13.8 Å². The number of nitrogens with zero attached hydrogens (tertiary/aromatic N) is 4. The molecule has 1 aromatic heterocycles. The number of halogens is 2. The van der Waals surface area contributed by atoms with Crippen LogP contribution in [0.2, 0.25) is 5.15 Å². The van der Waals surface area contributed by atoms with Crippen LogP contribution >= 0.6 is 11.6 Å². The summed E-state index contributed by atoms with van der Waals surface area (Å²) >= 11 is 6.28. The molecule has 8 nitrogen and oxygen atoms in total. The average Bonchev–Trinajstić information content (AvgIpc) is 3.00. The van der Waals surface area contributed by atoms with E-state index < -0.39 is 18.4 Å². The highest BCUT2D eigenvalue weighted by Gasteiger charge is 2.26. The molecule has 0 atom stereocenters. The maximum atomic E-state index is 13.1. The minimum atomic E-state index is -0.767. The second-order valence-electron chi connectivity index (χ2n) is 6.60. The number of aryl methyl sites for hydroxylation is 1. The van der Waals surface area contributed by atoms with E-state index in [1.54, 1.807) is 16.7 Å². The van der Waals surface area contributed by atoms with Gasteiger partial charge in [-0.15, -0.1) is 0 Å². The first-order chi connectivity index (χ1) is 13.8. The number of ether oxygens (including phenoxy) is 1. The number of carbonyl (C=O) groups excluding carboxylic acids is 3. The molecule has 1 aliphatic heterocycles. The first-order valence-corrected chi connectivity index (χ1v) is 9.37. The number of piperazine rings is 1. The zero-order valence-corrected chi connectivity index (χ0v) is 16.8. The van der Waals surface area contributed by atoms with E-state index >= 15 is 0 Å². The van der Waals surface area contributed by atoms with E-state index in [1.165, 1.54) is 35.9 Å². The summed E-state index contributed by atoms with van der Waals surface area (Å²) in [4.78, 5) is 39.3. The highest BCUT2D eigenvalue weighted by molar-refractivity contribution is 6.33. The fraction of sp³-hybridized carbons (Fsp3) is 0.368. The highest BCUT2D eigenvalue weighted by atomic mass is 35.5. The lowest BCUT2D eigenvalue weighted by Gasteiger charge is -2.34. The molecular formula is C19H20ClFN4O4. The summed E-state index contributed by atoms with van der Waals surface area (Å²) in [6.45, 7) is 4.31. The van der Waals surface area contributed by atoms with Gasteiger partial charge >= 0.3 is 5.97 Å². The second-order valence-corrected chi connectivity index (χ2v) is 6.96.